The lowest BCUT2D eigenvalue weighted by Crippen LogP contribution is -2.71. The van der Waals surface area contributed by atoms with Crippen LogP contribution in [0, 0.1) is 0 Å². The molecule has 3 amide bonds. The molecule has 0 radical (unpaired) electrons. The first kappa shape index (κ1) is 26.5. The molecule has 2 aromatic rings. The highest BCUT2D eigenvalue weighted by Crippen LogP contribution is 2.41. The zero-order valence-electron chi connectivity index (χ0n) is 18.5. The van der Waals surface area contributed by atoms with Gasteiger partial charge in [0.1, 0.15) is 28.2 Å². The maximum atomic E-state index is 12.8. The number of amides is 3. The smallest absolute Gasteiger partial charge is 0.471 e. The summed E-state index contributed by atoms with van der Waals surface area (Å²) in [6, 6.07) is 2.57. The first-order valence-corrected chi connectivity index (χ1v) is 12.4. The lowest BCUT2D eigenvalue weighted by molar-refractivity contribution is -0.167. The van der Waals surface area contributed by atoms with Gasteiger partial charge in [0.05, 0.1) is 6.20 Å². The lowest BCUT2D eigenvalue weighted by atomic mass is 10.0. The number of alkyl halides is 3. The summed E-state index contributed by atoms with van der Waals surface area (Å²) in [4.78, 5) is 49.6. The van der Waals surface area contributed by atoms with Gasteiger partial charge in [-0.1, -0.05) is 23.9 Å². The van der Waals surface area contributed by atoms with E-state index in [2.05, 4.69) is 20.7 Å². The number of carboxylic acids is 1. The SMILES string of the molecule is NC(C(=O)NC1C(=O)N2C(C(=O)O)=C(CSc3cn[nH]n3)CS[C@@H]12)c1ccc(NC(=O)C(F)(F)F)cc1. The average Bonchev–Trinajstić information content (AvgIpc) is 3.38. The molecule has 2 aliphatic heterocycles. The standard InChI is InChI=1S/C20H18F3N7O5S2/c21-20(22,23)19(35)26-10-3-1-8(2-4-10)12(24)15(31)27-13-16(32)30-14(18(33)34)9(7-37-17(13)30)6-36-11-5-25-29-28-11/h1-5,12-13,17H,6-7,24H2,(H,26,35)(H,27,31)(H,33,34)(H,25,28,29)/t12?,13?,17-/m0/s1. The van der Waals surface area contributed by atoms with Gasteiger partial charge in [-0.25, -0.2) is 4.79 Å². The topological polar surface area (TPSA) is 183 Å². The summed E-state index contributed by atoms with van der Waals surface area (Å²) < 4.78 is 37.2. The third kappa shape index (κ3) is 5.57. The fourth-order valence-electron chi connectivity index (χ4n) is 3.59. The van der Waals surface area contributed by atoms with Crippen molar-refractivity contribution in [3.05, 3.63) is 47.3 Å². The Morgan fingerprint density at radius 1 is 1.30 bits per heavy atom. The van der Waals surface area contributed by atoms with Gasteiger partial charge in [0.2, 0.25) is 5.91 Å². The monoisotopic (exact) mass is 557 g/mol. The van der Waals surface area contributed by atoms with E-state index in [1.54, 1.807) is 5.32 Å². The van der Waals surface area contributed by atoms with Gasteiger partial charge in [-0.15, -0.1) is 16.9 Å². The third-order valence-electron chi connectivity index (χ3n) is 5.40. The molecule has 0 saturated carbocycles. The van der Waals surface area contributed by atoms with Gasteiger partial charge in [0, 0.05) is 17.2 Å². The fraction of sp³-hybridized carbons (Fsp3) is 0.300. The Morgan fingerprint density at radius 3 is 2.59 bits per heavy atom. The van der Waals surface area contributed by atoms with Crippen molar-refractivity contribution in [3.63, 3.8) is 0 Å². The minimum Gasteiger partial charge on any atom is -0.477 e. The molecule has 37 heavy (non-hydrogen) atoms. The molecular weight excluding hydrogens is 539 g/mol. The molecule has 4 rings (SSSR count). The van der Waals surface area contributed by atoms with Crippen LogP contribution in [0.3, 0.4) is 0 Å². The van der Waals surface area contributed by atoms with Gasteiger partial charge in [-0.05, 0) is 23.3 Å². The van der Waals surface area contributed by atoms with E-state index in [1.807, 2.05) is 0 Å². The highest BCUT2D eigenvalue weighted by Gasteiger charge is 2.54. The largest absolute Gasteiger partial charge is 0.477 e. The van der Waals surface area contributed by atoms with E-state index in [4.69, 9.17) is 5.73 Å². The number of fused-ring (bicyclic) bond motifs is 1. The van der Waals surface area contributed by atoms with Gasteiger partial charge in [-0.3, -0.25) is 19.3 Å². The minimum atomic E-state index is -5.05. The molecule has 0 bridgehead atoms. The lowest BCUT2D eigenvalue weighted by Gasteiger charge is -2.49. The van der Waals surface area contributed by atoms with Gasteiger partial charge in [0.15, 0.2) is 0 Å². The number of carboxylic acid groups (broad SMARTS) is 1. The highest BCUT2D eigenvalue weighted by atomic mass is 32.2. The molecule has 0 aliphatic carbocycles. The van der Waals surface area contributed by atoms with E-state index in [1.165, 1.54) is 41.9 Å². The number of carbonyl (C=O) groups excluding carboxylic acids is 3. The van der Waals surface area contributed by atoms with Crippen molar-refractivity contribution in [3.8, 4) is 0 Å². The minimum absolute atomic E-state index is 0.143. The van der Waals surface area contributed by atoms with Crippen LogP contribution < -0.4 is 16.4 Å². The molecular formula is C20H18F3N7O5S2. The van der Waals surface area contributed by atoms with E-state index < -0.39 is 47.3 Å². The molecule has 17 heteroatoms. The summed E-state index contributed by atoms with van der Waals surface area (Å²) in [5, 5.41) is 23.9. The molecule has 2 unspecified atom stereocenters. The molecule has 1 fully saturated rings. The molecule has 6 N–H and O–H groups in total. The Kier molecular flexibility index (Phi) is 7.47. The quantitative estimate of drug-likeness (QED) is 0.230. The summed E-state index contributed by atoms with van der Waals surface area (Å²) in [6.45, 7) is 0. The number of nitrogens with two attached hydrogens (primary N) is 1. The molecule has 3 heterocycles. The zero-order valence-corrected chi connectivity index (χ0v) is 20.1. The Morgan fingerprint density at radius 2 is 2.00 bits per heavy atom. The maximum Gasteiger partial charge on any atom is 0.471 e. The number of aromatic nitrogens is 3. The van der Waals surface area contributed by atoms with E-state index in [9.17, 15) is 37.5 Å². The van der Waals surface area contributed by atoms with Crippen molar-refractivity contribution in [2.75, 3.05) is 16.8 Å². The maximum absolute atomic E-state index is 12.8. The Hall–Kier alpha value is -3.57. The number of rotatable bonds is 8. The molecule has 1 aromatic carbocycles. The summed E-state index contributed by atoms with van der Waals surface area (Å²) in [6.07, 6.45) is -3.57. The van der Waals surface area contributed by atoms with Crippen molar-refractivity contribution in [2.24, 2.45) is 5.73 Å². The van der Waals surface area contributed by atoms with Crippen LogP contribution in [0.15, 0.2) is 46.8 Å². The number of aromatic amines is 1. The van der Waals surface area contributed by atoms with E-state index in [-0.39, 0.29) is 22.7 Å². The number of β-lactam (4-membered cyclic amide) rings is 1. The van der Waals surface area contributed by atoms with Gasteiger partial charge >= 0.3 is 18.1 Å². The predicted octanol–water partition coefficient (Wildman–Crippen LogP) is 0.836. The van der Waals surface area contributed by atoms with Gasteiger partial charge in [0.25, 0.3) is 5.91 Å². The second-order valence-electron chi connectivity index (χ2n) is 7.80. The number of benzene rings is 1. The first-order chi connectivity index (χ1) is 17.5. The van der Waals surface area contributed by atoms with Crippen LogP contribution in [0.4, 0.5) is 18.9 Å². The van der Waals surface area contributed by atoms with Crippen molar-refractivity contribution in [1.82, 2.24) is 25.6 Å². The third-order valence-corrected chi connectivity index (χ3v) is 7.73. The Bertz CT molecular complexity index is 1250. The Balaban J connectivity index is 1.39. The van der Waals surface area contributed by atoms with Gasteiger partial charge < -0.3 is 21.5 Å². The van der Waals surface area contributed by atoms with Crippen molar-refractivity contribution < 1.29 is 37.5 Å². The molecule has 1 aromatic heterocycles. The van der Waals surface area contributed by atoms with E-state index in [0.717, 1.165) is 17.0 Å². The van der Waals surface area contributed by atoms with Crippen LogP contribution >= 0.6 is 23.5 Å². The van der Waals surface area contributed by atoms with Crippen LogP contribution in [0.1, 0.15) is 11.6 Å². The zero-order chi connectivity index (χ0) is 26.9. The van der Waals surface area contributed by atoms with Crippen molar-refractivity contribution in [2.45, 2.75) is 28.7 Å². The van der Waals surface area contributed by atoms with Crippen molar-refractivity contribution in [1.29, 1.82) is 0 Å². The number of hydrogen-bond acceptors (Lipinski definition) is 9. The summed E-state index contributed by atoms with van der Waals surface area (Å²) in [7, 11) is 0. The summed E-state index contributed by atoms with van der Waals surface area (Å²) in [5.74, 6) is -4.17. The molecule has 1 saturated heterocycles. The fourth-order valence-corrected chi connectivity index (χ4v) is 5.85. The highest BCUT2D eigenvalue weighted by molar-refractivity contribution is 8.01. The second-order valence-corrected chi connectivity index (χ2v) is 9.90. The van der Waals surface area contributed by atoms with Crippen LogP contribution in [-0.2, 0) is 19.2 Å². The number of nitrogens with one attached hydrogen (secondary N) is 3. The number of halogens is 3. The van der Waals surface area contributed by atoms with Crippen LogP contribution in [-0.4, -0.2) is 78.2 Å². The molecule has 0 spiro atoms. The molecule has 3 atom stereocenters. The number of thioether (sulfide) groups is 2. The number of carbonyl (C=O) groups is 4. The van der Waals surface area contributed by atoms with E-state index >= 15 is 0 Å². The van der Waals surface area contributed by atoms with Crippen LogP contribution in [0.5, 0.6) is 0 Å². The number of nitrogens with zero attached hydrogens (tertiary/aromatic N) is 3. The van der Waals surface area contributed by atoms with Crippen molar-refractivity contribution >= 4 is 52.9 Å². The summed E-state index contributed by atoms with van der Waals surface area (Å²) >= 11 is 2.55. The molecule has 12 nitrogen and oxygen atoms in total. The van der Waals surface area contributed by atoms with Crippen LogP contribution in [0.25, 0.3) is 0 Å². The predicted molar refractivity (Wildman–Crippen MR) is 125 cm³/mol. The van der Waals surface area contributed by atoms with Crippen LogP contribution in [0.2, 0.25) is 0 Å². The number of H-pyrrole nitrogens is 1. The van der Waals surface area contributed by atoms with Gasteiger partial charge in [-0.2, -0.15) is 23.5 Å². The normalized spacial score (nSPS) is 20.1. The molecule has 196 valence electrons. The average molecular weight is 558 g/mol. The summed E-state index contributed by atoms with van der Waals surface area (Å²) in [5.41, 5.74) is 6.41. The number of aliphatic carboxylic acids is 1. The first-order valence-electron chi connectivity index (χ1n) is 10.4. The Labute approximate surface area is 214 Å². The number of anilines is 1. The second kappa shape index (κ2) is 10.4. The molecule has 2 aliphatic rings. The van der Waals surface area contributed by atoms with E-state index in [0.29, 0.717) is 16.4 Å². The number of hydrogen-bond donors (Lipinski definition) is 5.